The molecule has 0 spiro atoms. The van der Waals surface area contributed by atoms with Crippen LogP contribution in [0, 0.1) is 17.8 Å². The van der Waals surface area contributed by atoms with Gasteiger partial charge in [-0.1, -0.05) is 42.5 Å². The standard InChI is InChI=1S/C19H25NO4/c1-2-23-18(21)16-14-8-10-15(11-9-14)17(16)20-19(22)24-12-13-6-4-3-5-7-13/h3-8,10,14-18,21H,2,9,11-12H2,1H3,(H,20,22)/t14-,15+,16?,17?,18?/m1/s1. The molecule has 1 aromatic carbocycles. The summed E-state index contributed by atoms with van der Waals surface area (Å²) in [7, 11) is 0. The van der Waals surface area contributed by atoms with Crippen LogP contribution in [0.2, 0.25) is 0 Å². The molecule has 1 fully saturated rings. The van der Waals surface area contributed by atoms with Gasteiger partial charge in [-0.05, 0) is 37.2 Å². The van der Waals surface area contributed by atoms with Gasteiger partial charge in [0.15, 0.2) is 6.29 Å². The molecule has 0 aliphatic heterocycles. The second-order valence-corrected chi connectivity index (χ2v) is 6.45. The zero-order valence-electron chi connectivity index (χ0n) is 13.9. The normalized spacial score (nSPS) is 29.2. The quantitative estimate of drug-likeness (QED) is 0.621. The molecule has 4 rings (SSSR count). The zero-order chi connectivity index (χ0) is 16.9. The monoisotopic (exact) mass is 331 g/mol. The maximum atomic E-state index is 12.2. The highest BCUT2D eigenvalue weighted by atomic mass is 16.6. The lowest BCUT2D eigenvalue weighted by atomic mass is 9.65. The highest BCUT2D eigenvalue weighted by molar-refractivity contribution is 5.67. The van der Waals surface area contributed by atoms with Crippen LogP contribution in [0.3, 0.4) is 0 Å². The topological polar surface area (TPSA) is 67.8 Å². The minimum Gasteiger partial charge on any atom is -0.445 e. The van der Waals surface area contributed by atoms with Crippen LogP contribution >= 0.6 is 0 Å². The molecule has 1 aromatic rings. The fourth-order valence-electron chi connectivity index (χ4n) is 3.81. The number of rotatable bonds is 6. The second kappa shape index (κ2) is 7.81. The van der Waals surface area contributed by atoms with Crippen LogP contribution in [0.4, 0.5) is 4.79 Å². The minimum absolute atomic E-state index is 0.127. The smallest absolute Gasteiger partial charge is 0.407 e. The molecule has 1 amide bonds. The molecule has 2 bridgehead atoms. The Labute approximate surface area is 142 Å². The third-order valence-electron chi connectivity index (χ3n) is 4.97. The van der Waals surface area contributed by atoms with E-state index in [2.05, 4.69) is 17.5 Å². The highest BCUT2D eigenvalue weighted by Gasteiger charge is 2.45. The highest BCUT2D eigenvalue weighted by Crippen LogP contribution is 2.42. The van der Waals surface area contributed by atoms with E-state index in [1.807, 2.05) is 37.3 Å². The molecule has 5 nitrogen and oxygen atoms in total. The second-order valence-electron chi connectivity index (χ2n) is 6.45. The van der Waals surface area contributed by atoms with Crippen LogP contribution in [-0.2, 0) is 16.1 Å². The van der Waals surface area contributed by atoms with E-state index in [9.17, 15) is 9.90 Å². The van der Waals surface area contributed by atoms with Gasteiger partial charge < -0.3 is 19.9 Å². The molecule has 24 heavy (non-hydrogen) atoms. The number of carbonyl (C=O) groups is 1. The number of allylic oxidation sites excluding steroid dienone is 1. The number of carbonyl (C=O) groups excluding carboxylic acids is 1. The number of ether oxygens (including phenoxy) is 2. The average molecular weight is 331 g/mol. The molecular formula is C19H25NO4. The number of hydrogen-bond donors (Lipinski definition) is 2. The number of nitrogens with one attached hydrogen (secondary N) is 1. The van der Waals surface area contributed by atoms with Crippen LogP contribution in [0.1, 0.15) is 25.3 Å². The summed E-state index contributed by atoms with van der Waals surface area (Å²) in [6.45, 7) is 2.54. The van der Waals surface area contributed by atoms with Gasteiger partial charge in [-0.25, -0.2) is 4.79 Å². The molecule has 3 aliphatic carbocycles. The predicted octanol–water partition coefficient (Wildman–Crippen LogP) is 2.85. The van der Waals surface area contributed by atoms with Crippen molar-refractivity contribution in [1.82, 2.24) is 5.32 Å². The summed E-state index contributed by atoms with van der Waals surface area (Å²) in [6, 6.07) is 9.43. The minimum atomic E-state index is -0.868. The van der Waals surface area contributed by atoms with E-state index in [0.717, 1.165) is 18.4 Å². The summed E-state index contributed by atoms with van der Waals surface area (Å²) >= 11 is 0. The third-order valence-corrected chi connectivity index (χ3v) is 4.97. The van der Waals surface area contributed by atoms with E-state index in [0.29, 0.717) is 6.61 Å². The van der Waals surface area contributed by atoms with Crippen molar-refractivity contribution in [3.8, 4) is 0 Å². The summed E-state index contributed by atoms with van der Waals surface area (Å²) in [5.74, 6) is 0.327. The number of aliphatic hydroxyl groups is 1. The molecule has 0 aromatic heterocycles. The molecule has 0 heterocycles. The Kier molecular flexibility index (Phi) is 5.53. The third kappa shape index (κ3) is 3.79. The van der Waals surface area contributed by atoms with Crippen molar-refractivity contribution < 1.29 is 19.4 Å². The number of alkyl carbamates (subject to hydrolysis) is 1. The first-order chi connectivity index (χ1) is 11.7. The van der Waals surface area contributed by atoms with Crippen LogP contribution in [0.25, 0.3) is 0 Å². The zero-order valence-corrected chi connectivity index (χ0v) is 13.9. The van der Waals surface area contributed by atoms with Gasteiger partial charge >= 0.3 is 6.09 Å². The van der Waals surface area contributed by atoms with E-state index >= 15 is 0 Å². The van der Waals surface area contributed by atoms with E-state index in [1.165, 1.54) is 0 Å². The van der Waals surface area contributed by atoms with Gasteiger partial charge in [0.1, 0.15) is 6.61 Å². The molecule has 5 heteroatoms. The Morgan fingerprint density at radius 1 is 1.25 bits per heavy atom. The number of benzene rings is 1. The van der Waals surface area contributed by atoms with Gasteiger partial charge in [-0.15, -0.1) is 0 Å². The molecule has 1 saturated carbocycles. The van der Waals surface area contributed by atoms with E-state index in [1.54, 1.807) is 0 Å². The molecule has 130 valence electrons. The van der Waals surface area contributed by atoms with Crippen molar-refractivity contribution in [3.63, 3.8) is 0 Å². The fourth-order valence-corrected chi connectivity index (χ4v) is 3.81. The summed E-state index contributed by atoms with van der Waals surface area (Å²) in [5, 5.41) is 13.3. The van der Waals surface area contributed by atoms with Gasteiger partial charge in [0, 0.05) is 18.6 Å². The van der Waals surface area contributed by atoms with Crippen molar-refractivity contribution in [1.29, 1.82) is 0 Å². The Hall–Kier alpha value is -1.85. The van der Waals surface area contributed by atoms with Crippen molar-refractivity contribution >= 4 is 6.09 Å². The van der Waals surface area contributed by atoms with Crippen molar-refractivity contribution in [2.75, 3.05) is 6.61 Å². The lowest BCUT2D eigenvalue weighted by Crippen LogP contribution is -2.56. The van der Waals surface area contributed by atoms with Crippen LogP contribution in [0.5, 0.6) is 0 Å². The molecule has 3 unspecified atom stereocenters. The van der Waals surface area contributed by atoms with Crippen LogP contribution < -0.4 is 5.32 Å². The lowest BCUT2D eigenvalue weighted by Gasteiger charge is -2.46. The summed E-state index contributed by atoms with van der Waals surface area (Å²) in [4.78, 5) is 12.2. The van der Waals surface area contributed by atoms with Gasteiger partial charge in [0.2, 0.25) is 0 Å². The first-order valence-electron chi connectivity index (χ1n) is 8.64. The first kappa shape index (κ1) is 17.0. The number of amides is 1. The maximum Gasteiger partial charge on any atom is 0.407 e. The lowest BCUT2D eigenvalue weighted by molar-refractivity contribution is -0.158. The number of aliphatic hydroxyl groups excluding tert-OH is 1. The Morgan fingerprint density at radius 2 is 1.96 bits per heavy atom. The number of fused-ring (bicyclic) bond motifs is 2. The van der Waals surface area contributed by atoms with Crippen molar-refractivity contribution in [2.24, 2.45) is 17.8 Å². The Balaban J connectivity index is 1.61. The van der Waals surface area contributed by atoms with Gasteiger partial charge in [-0.3, -0.25) is 0 Å². The summed E-state index contributed by atoms with van der Waals surface area (Å²) < 4.78 is 10.7. The molecule has 5 atom stereocenters. The first-order valence-corrected chi connectivity index (χ1v) is 8.64. The Bertz CT molecular complexity index is 574. The Morgan fingerprint density at radius 3 is 2.62 bits per heavy atom. The average Bonchev–Trinajstić information content (AvgIpc) is 2.62. The maximum absolute atomic E-state index is 12.2. The molecule has 2 N–H and O–H groups in total. The molecular weight excluding hydrogens is 306 g/mol. The SMILES string of the molecule is CCOC(O)C1C(NC(=O)OCc2ccccc2)[C@H]2C=C[C@@H]1CC2. The molecule has 0 radical (unpaired) electrons. The van der Waals surface area contributed by atoms with Gasteiger partial charge in [0.25, 0.3) is 0 Å². The largest absolute Gasteiger partial charge is 0.445 e. The predicted molar refractivity (Wildman–Crippen MR) is 90.0 cm³/mol. The summed E-state index contributed by atoms with van der Waals surface area (Å²) in [6.07, 6.45) is 5.01. The van der Waals surface area contributed by atoms with Crippen LogP contribution in [-0.4, -0.2) is 30.1 Å². The number of hydrogen-bond acceptors (Lipinski definition) is 4. The fraction of sp³-hybridized carbons (Fsp3) is 0.526. The summed E-state index contributed by atoms with van der Waals surface area (Å²) in [5.41, 5.74) is 0.948. The van der Waals surface area contributed by atoms with E-state index in [-0.39, 0.29) is 30.4 Å². The molecule has 0 saturated heterocycles. The van der Waals surface area contributed by atoms with E-state index in [4.69, 9.17) is 9.47 Å². The van der Waals surface area contributed by atoms with E-state index < -0.39 is 12.4 Å². The van der Waals surface area contributed by atoms with Crippen LogP contribution in [0.15, 0.2) is 42.5 Å². The van der Waals surface area contributed by atoms with Gasteiger partial charge in [0.05, 0.1) is 0 Å². The van der Waals surface area contributed by atoms with Crippen molar-refractivity contribution in [3.05, 3.63) is 48.0 Å². The molecule has 3 aliphatic rings. The van der Waals surface area contributed by atoms with Gasteiger partial charge in [-0.2, -0.15) is 0 Å². The van der Waals surface area contributed by atoms with Crippen molar-refractivity contribution in [2.45, 2.75) is 38.7 Å².